The van der Waals surface area contributed by atoms with Crippen LogP contribution in [0, 0.1) is 12.7 Å². The van der Waals surface area contributed by atoms with Crippen LogP contribution in [0.5, 0.6) is 0 Å². The van der Waals surface area contributed by atoms with Crippen molar-refractivity contribution in [1.82, 2.24) is 0 Å². The highest BCUT2D eigenvalue weighted by atomic mass is 32.2. The number of carbonyl (C=O) groups is 1. The van der Waals surface area contributed by atoms with Crippen LogP contribution in [0.1, 0.15) is 29.3 Å². The van der Waals surface area contributed by atoms with E-state index in [9.17, 15) is 17.6 Å². The van der Waals surface area contributed by atoms with Crippen molar-refractivity contribution >= 4 is 15.8 Å². The molecule has 0 bridgehead atoms. The van der Waals surface area contributed by atoms with E-state index in [-0.39, 0.29) is 16.2 Å². The van der Waals surface area contributed by atoms with Gasteiger partial charge in [0.25, 0.3) is 0 Å². The number of aromatic carboxylic acids is 1. The van der Waals surface area contributed by atoms with Crippen LogP contribution >= 0.6 is 0 Å². The number of rotatable bonds is 7. The first-order chi connectivity index (χ1) is 9.29. The summed E-state index contributed by atoms with van der Waals surface area (Å²) in [6, 6.07) is 2.01. The van der Waals surface area contributed by atoms with Gasteiger partial charge < -0.3 is 9.84 Å². The number of carboxylic acids is 1. The molecule has 0 aromatic heterocycles. The Morgan fingerprint density at radius 1 is 1.40 bits per heavy atom. The number of sulfone groups is 1. The molecule has 0 radical (unpaired) electrons. The second kappa shape index (κ2) is 6.81. The van der Waals surface area contributed by atoms with Crippen molar-refractivity contribution in [2.45, 2.75) is 25.2 Å². The minimum absolute atomic E-state index is 0.00622. The minimum atomic E-state index is -3.65. The molecule has 1 rings (SSSR count). The van der Waals surface area contributed by atoms with Gasteiger partial charge in [0.15, 0.2) is 9.84 Å². The quantitative estimate of drug-likeness (QED) is 0.616. The molecular formula is C13H17FO5S. The molecule has 0 saturated heterocycles. The lowest BCUT2D eigenvalue weighted by Crippen LogP contribution is -2.12. The van der Waals surface area contributed by atoms with E-state index in [0.29, 0.717) is 19.6 Å². The smallest absolute Gasteiger partial charge is 0.338 e. The Hall–Kier alpha value is -1.47. The highest BCUT2D eigenvalue weighted by molar-refractivity contribution is 7.91. The van der Waals surface area contributed by atoms with Crippen LogP contribution in [0.25, 0.3) is 0 Å². The predicted octanol–water partition coefficient (Wildman–Crippen LogP) is 2.03. The first-order valence-corrected chi connectivity index (χ1v) is 7.78. The molecule has 0 heterocycles. The first kappa shape index (κ1) is 16.6. The SMILES string of the molecule is CCOCCCS(=O)(=O)c1cc(C)c(F)c(C(=O)O)c1. The van der Waals surface area contributed by atoms with E-state index in [2.05, 4.69) is 0 Å². The molecule has 5 nitrogen and oxygen atoms in total. The average Bonchev–Trinajstić information content (AvgIpc) is 2.37. The summed E-state index contributed by atoms with van der Waals surface area (Å²) in [6.45, 7) is 3.94. The van der Waals surface area contributed by atoms with Crippen LogP contribution in [-0.4, -0.2) is 38.5 Å². The van der Waals surface area contributed by atoms with E-state index in [1.807, 2.05) is 0 Å². The lowest BCUT2D eigenvalue weighted by atomic mass is 10.1. The summed E-state index contributed by atoms with van der Waals surface area (Å²) in [5.41, 5.74) is -0.637. The molecular weight excluding hydrogens is 287 g/mol. The van der Waals surface area contributed by atoms with Gasteiger partial charge in [-0.25, -0.2) is 17.6 Å². The molecule has 112 valence electrons. The fraction of sp³-hybridized carbons (Fsp3) is 0.462. The Morgan fingerprint density at radius 3 is 2.60 bits per heavy atom. The molecule has 0 spiro atoms. The van der Waals surface area contributed by atoms with Gasteiger partial charge in [0.1, 0.15) is 5.82 Å². The zero-order valence-electron chi connectivity index (χ0n) is 11.3. The van der Waals surface area contributed by atoms with E-state index in [4.69, 9.17) is 9.84 Å². The van der Waals surface area contributed by atoms with E-state index in [1.165, 1.54) is 6.92 Å². The maximum Gasteiger partial charge on any atom is 0.338 e. The fourth-order valence-corrected chi connectivity index (χ4v) is 3.07. The van der Waals surface area contributed by atoms with Gasteiger partial charge in [-0.15, -0.1) is 0 Å². The number of ether oxygens (including phenoxy) is 1. The Kier molecular flexibility index (Phi) is 5.64. The van der Waals surface area contributed by atoms with Crippen LogP contribution in [0.15, 0.2) is 17.0 Å². The van der Waals surface area contributed by atoms with Crippen LogP contribution in [0.3, 0.4) is 0 Å². The van der Waals surface area contributed by atoms with Gasteiger partial charge in [-0.2, -0.15) is 0 Å². The maximum atomic E-state index is 13.6. The van der Waals surface area contributed by atoms with Crippen molar-refractivity contribution in [2.75, 3.05) is 19.0 Å². The number of hydrogen-bond donors (Lipinski definition) is 1. The number of aryl methyl sites for hydroxylation is 1. The van der Waals surface area contributed by atoms with Gasteiger partial charge in [0.2, 0.25) is 0 Å². The number of halogens is 1. The molecule has 7 heteroatoms. The standard InChI is InChI=1S/C13H17FO5S/c1-3-19-5-4-6-20(17,18)10-7-9(2)12(14)11(8-10)13(15)16/h7-8H,3-6H2,1-2H3,(H,15,16). The summed E-state index contributed by atoms with van der Waals surface area (Å²) in [7, 11) is -3.65. The predicted molar refractivity (Wildman–Crippen MR) is 71.3 cm³/mol. The Bertz CT molecular complexity index is 595. The van der Waals surface area contributed by atoms with Gasteiger partial charge in [-0.1, -0.05) is 0 Å². The summed E-state index contributed by atoms with van der Waals surface area (Å²) in [6.07, 6.45) is 0.301. The van der Waals surface area contributed by atoms with Crippen molar-refractivity contribution in [3.63, 3.8) is 0 Å². The van der Waals surface area contributed by atoms with Crippen molar-refractivity contribution in [3.05, 3.63) is 29.1 Å². The third-order valence-corrected chi connectivity index (χ3v) is 4.50. The van der Waals surface area contributed by atoms with Crippen LogP contribution in [0.4, 0.5) is 4.39 Å². The number of hydrogen-bond acceptors (Lipinski definition) is 4. The molecule has 0 atom stereocenters. The summed E-state index contributed by atoms with van der Waals surface area (Å²) in [4.78, 5) is 10.7. The normalized spacial score (nSPS) is 11.6. The van der Waals surface area contributed by atoms with Crippen molar-refractivity contribution < 1.29 is 27.4 Å². The summed E-state index contributed by atoms with van der Waals surface area (Å²) < 4.78 is 42.8. The highest BCUT2D eigenvalue weighted by Gasteiger charge is 2.21. The molecule has 0 aliphatic carbocycles. The van der Waals surface area contributed by atoms with E-state index in [1.54, 1.807) is 6.92 Å². The summed E-state index contributed by atoms with van der Waals surface area (Å²) in [5.74, 6) is -2.57. The molecule has 0 fully saturated rings. The number of carboxylic acid groups (broad SMARTS) is 1. The summed E-state index contributed by atoms with van der Waals surface area (Å²) in [5, 5.41) is 8.87. The van der Waals surface area contributed by atoms with Gasteiger partial charge in [-0.05, 0) is 38.0 Å². The monoisotopic (exact) mass is 304 g/mol. The van der Waals surface area contributed by atoms with Gasteiger partial charge >= 0.3 is 5.97 Å². The van der Waals surface area contributed by atoms with Gasteiger partial charge in [-0.3, -0.25) is 0 Å². The Morgan fingerprint density at radius 2 is 2.05 bits per heavy atom. The largest absolute Gasteiger partial charge is 0.478 e. The Labute approximate surface area is 117 Å². The lowest BCUT2D eigenvalue weighted by molar-refractivity contribution is 0.0691. The maximum absolute atomic E-state index is 13.6. The zero-order chi connectivity index (χ0) is 15.3. The summed E-state index contributed by atoms with van der Waals surface area (Å²) >= 11 is 0. The molecule has 1 aromatic rings. The molecule has 0 amide bonds. The van der Waals surface area contributed by atoms with E-state index < -0.39 is 27.2 Å². The molecule has 0 aliphatic heterocycles. The van der Waals surface area contributed by atoms with E-state index >= 15 is 0 Å². The van der Waals surface area contributed by atoms with Crippen LogP contribution in [0.2, 0.25) is 0 Å². The van der Waals surface area contributed by atoms with Gasteiger partial charge in [0.05, 0.1) is 16.2 Å². The van der Waals surface area contributed by atoms with E-state index in [0.717, 1.165) is 12.1 Å². The zero-order valence-corrected chi connectivity index (χ0v) is 12.2. The molecule has 1 N–H and O–H groups in total. The van der Waals surface area contributed by atoms with Crippen molar-refractivity contribution in [2.24, 2.45) is 0 Å². The minimum Gasteiger partial charge on any atom is -0.478 e. The van der Waals surface area contributed by atoms with Crippen LogP contribution in [-0.2, 0) is 14.6 Å². The van der Waals surface area contributed by atoms with Crippen molar-refractivity contribution in [1.29, 1.82) is 0 Å². The Balaban J connectivity index is 3.04. The van der Waals surface area contributed by atoms with Crippen LogP contribution < -0.4 is 0 Å². The molecule has 0 unspecified atom stereocenters. The van der Waals surface area contributed by atoms with Gasteiger partial charge in [0, 0.05) is 13.2 Å². The second-order valence-corrected chi connectivity index (χ2v) is 6.39. The second-order valence-electron chi connectivity index (χ2n) is 4.28. The fourth-order valence-electron chi connectivity index (χ4n) is 1.68. The topological polar surface area (TPSA) is 80.7 Å². The molecule has 1 aromatic carbocycles. The molecule has 20 heavy (non-hydrogen) atoms. The first-order valence-electron chi connectivity index (χ1n) is 6.13. The molecule has 0 aliphatic rings. The average molecular weight is 304 g/mol. The molecule has 0 saturated carbocycles. The third-order valence-electron chi connectivity index (χ3n) is 2.72. The highest BCUT2D eigenvalue weighted by Crippen LogP contribution is 2.20. The lowest BCUT2D eigenvalue weighted by Gasteiger charge is -2.08. The van der Waals surface area contributed by atoms with Crippen molar-refractivity contribution in [3.8, 4) is 0 Å². The number of benzene rings is 1. The third kappa shape index (κ3) is 4.01.